The molecule has 0 aliphatic heterocycles. The van der Waals surface area contributed by atoms with Crippen molar-refractivity contribution in [3.8, 4) is 17.1 Å². The van der Waals surface area contributed by atoms with Gasteiger partial charge in [-0.25, -0.2) is 9.97 Å². The van der Waals surface area contributed by atoms with E-state index in [1.165, 1.54) is 0 Å². The summed E-state index contributed by atoms with van der Waals surface area (Å²) in [6, 6.07) is 3.72. The van der Waals surface area contributed by atoms with E-state index in [1.54, 1.807) is 25.7 Å². The van der Waals surface area contributed by atoms with Crippen LogP contribution in [0.15, 0.2) is 30.7 Å². The average molecular weight is 244 g/mol. The van der Waals surface area contributed by atoms with Crippen molar-refractivity contribution in [3.05, 3.63) is 30.7 Å². The van der Waals surface area contributed by atoms with E-state index < -0.39 is 0 Å². The normalized spacial score (nSPS) is 10.1. The molecule has 18 heavy (non-hydrogen) atoms. The molecule has 0 amide bonds. The fourth-order valence-electron chi connectivity index (χ4n) is 1.50. The Morgan fingerprint density at radius 1 is 1.22 bits per heavy atom. The van der Waals surface area contributed by atoms with E-state index >= 15 is 0 Å². The first kappa shape index (κ1) is 12.3. The van der Waals surface area contributed by atoms with Crippen LogP contribution in [0.2, 0.25) is 0 Å². The molecule has 0 radical (unpaired) electrons. The molecule has 2 aromatic rings. The molecule has 0 bridgehead atoms. The maximum absolute atomic E-state index is 5.02. The van der Waals surface area contributed by atoms with E-state index in [9.17, 15) is 0 Å². The molecule has 0 aliphatic carbocycles. The first-order valence-electron chi connectivity index (χ1n) is 5.90. The van der Waals surface area contributed by atoms with Crippen molar-refractivity contribution < 1.29 is 4.74 Å². The molecular weight excluding hydrogens is 228 g/mol. The Balaban J connectivity index is 2.20. The van der Waals surface area contributed by atoms with Gasteiger partial charge in [0.05, 0.1) is 25.2 Å². The second-order valence-corrected chi connectivity index (χ2v) is 3.81. The summed E-state index contributed by atoms with van der Waals surface area (Å²) in [7, 11) is 1.59. The average Bonchev–Trinajstić information content (AvgIpc) is 2.45. The number of ether oxygens (including phenoxy) is 1. The lowest BCUT2D eigenvalue weighted by atomic mass is 10.2. The van der Waals surface area contributed by atoms with E-state index in [-0.39, 0.29) is 0 Å². The van der Waals surface area contributed by atoms with Crippen molar-refractivity contribution in [2.24, 2.45) is 0 Å². The van der Waals surface area contributed by atoms with Gasteiger partial charge in [-0.05, 0) is 12.5 Å². The lowest BCUT2D eigenvalue weighted by Gasteiger charge is -2.06. The van der Waals surface area contributed by atoms with Crippen LogP contribution in [0.1, 0.15) is 13.3 Å². The quantitative estimate of drug-likeness (QED) is 0.875. The minimum atomic E-state index is 0.590. The number of anilines is 1. The predicted octanol–water partition coefficient (Wildman–Crippen LogP) is 2.37. The highest BCUT2D eigenvalue weighted by atomic mass is 16.5. The van der Waals surface area contributed by atoms with E-state index in [1.807, 2.05) is 12.1 Å². The lowest BCUT2D eigenvalue weighted by Crippen LogP contribution is -2.03. The van der Waals surface area contributed by atoms with Crippen molar-refractivity contribution in [1.82, 2.24) is 15.0 Å². The molecule has 1 N–H and O–H groups in total. The zero-order chi connectivity index (χ0) is 12.8. The van der Waals surface area contributed by atoms with E-state index in [4.69, 9.17) is 4.74 Å². The Labute approximate surface area is 106 Å². The smallest absolute Gasteiger partial charge is 0.212 e. The summed E-state index contributed by atoms with van der Waals surface area (Å²) in [5.41, 5.74) is 1.72. The van der Waals surface area contributed by atoms with Gasteiger partial charge in [-0.3, -0.25) is 4.98 Å². The van der Waals surface area contributed by atoms with Crippen LogP contribution in [0.3, 0.4) is 0 Å². The minimum absolute atomic E-state index is 0.590. The number of aromatic nitrogens is 3. The predicted molar refractivity (Wildman–Crippen MR) is 70.6 cm³/mol. The van der Waals surface area contributed by atoms with Crippen LogP contribution in [0.25, 0.3) is 11.3 Å². The SMILES string of the molecule is CCCNc1cncc(-c2ccc(OC)nc2)n1. The molecule has 0 aliphatic rings. The summed E-state index contributed by atoms with van der Waals surface area (Å²) in [5, 5.41) is 3.21. The van der Waals surface area contributed by atoms with Crippen LogP contribution >= 0.6 is 0 Å². The Morgan fingerprint density at radius 3 is 2.78 bits per heavy atom. The highest BCUT2D eigenvalue weighted by Crippen LogP contribution is 2.18. The van der Waals surface area contributed by atoms with Crippen molar-refractivity contribution >= 4 is 5.82 Å². The Morgan fingerprint density at radius 2 is 2.11 bits per heavy atom. The highest BCUT2D eigenvalue weighted by Gasteiger charge is 2.02. The molecule has 2 aromatic heterocycles. The van der Waals surface area contributed by atoms with Gasteiger partial charge < -0.3 is 10.1 Å². The molecule has 0 fully saturated rings. The second kappa shape index (κ2) is 5.95. The third-order valence-electron chi connectivity index (χ3n) is 2.43. The molecule has 0 unspecified atom stereocenters. The molecule has 0 saturated heterocycles. The Hall–Kier alpha value is -2.17. The van der Waals surface area contributed by atoms with Gasteiger partial charge in [-0.1, -0.05) is 6.92 Å². The van der Waals surface area contributed by atoms with Gasteiger partial charge in [0.1, 0.15) is 5.82 Å². The van der Waals surface area contributed by atoms with Gasteiger partial charge in [0.15, 0.2) is 0 Å². The summed E-state index contributed by atoms with van der Waals surface area (Å²) >= 11 is 0. The zero-order valence-corrected chi connectivity index (χ0v) is 10.6. The van der Waals surface area contributed by atoms with Crippen molar-refractivity contribution in [1.29, 1.82) is 0 Å². The van der Waals surface area contributed by atoms with Crippen molar-refractivity contribution in [2.75, 3.05) is 19.0 Å². The standard InChI is InChI=1S/C13H16N4O/c1-3-6-15-12-9-14-8-11(17-12)10-4-5-13(18-2)16-7-10/h4-5,7-9H,3,6H2,1-2H3,(H,15,17). The Kier molecular flexibility index (Phi) is 4.06. The molecule has 5 nitrogen and oxygen atoms in total. The van der Waals surface area contributed by atoms with Crippen LogP contribution in [0.4, 0.5) is 5.82 Å². The molecule has 5 heteroatoms. The lowest BCUT2D eigenvalue weighted by molar-refractivity contribution is 0.398. The molecule has 94 valence electrons. The van der Waals surface area contributed by atoms with Crippen molar-refractivity contribution in [3.63, 3.8) is 0 Å². The summed E-state index contributed by atoms with van der Waals surface area (Å²) in [6.07, 6.45) is 6.22. The highest BCUT2D eigenvalue weighted by molar-refractivity contribution is 5.59. The maximum Gasteiger partial charge on any atom is 0.212 e. The number of pyridine rings is 1. The molecule has 2 heterocycles. The maximum atomic E-state index is 5.02. The fraction of sp³-hybridized carbons (Fsp3) is 0.308. The summed E-state index contributed by atoms with van der Waals surface area (Å²) in [5.74, 6) is 1.37. The number of nitrogens with one attached hydrogen (secondary N) is 1. The zero-order valence-electron chi connectivity index (χ0n) is 10.6. The van der Waals surface area contributed by atoms with Gasteiger partial charge in [0.2, 0.25) is 5.88 Å². The topological polar surface area (TPSA) is 59.9 Å². The van der Waals surface area contributed by atoms with Gasteiger partial charge in [0, 0.05) is 24.4 Å². The third kappa shape index (κ3) is 2.94. The fourth-order valence-corrected chi connectivity index (χ4v) is 1.50. The van der Waals surface area contributed by atoms with E-state index in [2.05, 4.69) is 27.2 Å². The molecule has 0 saturated carbocycles. The van der Waals surface area contributed by atoms with Gasteiger partial charge >= 0.3 is 0 Å². The summed E-state index contributed by atoms with van der Waals surface area (Å²) < 4.78 is 5.02. The van der Waals surface area contributed by atoms with Crippen LogP contribution in [-0.4, -0.2) is 28.6 Å². The summed E-state index contributed by atoms with van der Waals surface area (Å²) in [4.78, 5) is 12.8. The molecular formula is C13H16N4O. The number of hydrogen-bond acceptors (Lipinski definition) is 5. The number of methoxy groups -OCH3 is 1. The van der Waals surface area contributed by atoms with Crippen LogP contribution < -0.4 is 10.1 Å². The molecule has 0 atom stereocenters. The van der Waals surface area contributed by atoms with Crippen LogP contribution in [0.5, 0.6) is 5.88 Å². The largest absolute Gasteiger partial charge is 0.481 e. The van der Waals surface area contributed by atoms with Gasteiger partial charge in [0.25, 0.3) is 0 Å². The summed E-state index contributed by atoms with van der Waals surface area (Å²) in [6.45, 7) is 3.00. The van der Waals surface area contributed by atoms with E-state index in [0.29, 0.717) is 5.88 Å². The first-order valence-corrected chi connectivity index (χ1v) is 5.90. The van der Waals surface area contributed by atoms with Gasteiger partial charge in [-0.2, -0.15) is 0 Å². The van der Waals surface area contributed by atoms with Crippen LogP contribution in [-0.2, 0) is 0 Å². The monoisotopic (exact) mass is 244 g/mol. The molecule has 0 aromatic carbocycles. The number of nitrogens with zero attached hydrogens (tertiary/aromatic N) is 3. The van der Waals surface area contributed by atoms with Gasteiger partial charge in [-0.15, -0.1) is 0 Å². The van der Waals surface area contributed by atoms with Crippen LogP contribution in [0, 0.1) is 0 Å². The molecule has 0 spiro atoms. The van der Waals surface area contributed by atoms with E-state index in [0.717, 1.165) is 30.0 Å². The minimum Gasteiger partial charge on any atom is -0.481 e. The van der Waals surface area contributed by atoms with Crippen molar-refractivity contribution in [2.45, 2.75) is 13.3 Å². The second-order valence-electron chi connectivity index (χ2n) is 3.81. The first-order chi connectivity index (χ1) is 8.83. The Bertz CT molecular complexity index is 499. The third-order valence-corrected chi connectivity index (χ3v) is 2.43. The number of rotatable bonds is 5. The molecule has 2 rings (SSSR count). The number of hydrogen-bond donors (Lipinski definition) is 1.